The smallest absolute Gasteiger partial charge is 0.257 e. The molecular formula is C22H27N3O2. The van der Waals surface area contributed by atoms with E-state index in [1.54, 1.807) is 12.1 Å². The van der Waals surface area contributed by atoms with Crippen molar-refractivity contribution in [2.75, 3.05) is 26.7 Å². The zero-order chi connectivity index (χ0) is 19.2. The predicted octanol–water partition coefficient (Wildman–Crippen LogP) is 3.71. The van der Waals surface area contributed by atoms with Gasteiger partial charge in [0.1, 0.15) is 5.75 Å². The highest BCUT2D eigenvalue weighted by molar-refractivity contribution is 6.03. The number of hydrogen-bond donors (Lipinski definition) is 0. The number of hydrazone groups is 1. The van der Waals surface area contributed by atoms with Crippen LogP contribution in [-0.4, -0.2) is 48.3 Å². The number of amides is 1. The number of carbonyl (C=O) groups excluding carboxylic acids is 1. The van der Waals surface area contributed by atoms with Gasteiger partial charge in [0, 0.05) is 6.42 Å². The van der Waals surface area contributed by atoms with E-state index in [0.717, 1.165) is 35.7 Å². The van der Waals surface area contributed by atoms with Gasteiger partial charge in [0.25, 0.3) is 5.91 Å². The van der Waals surface area contributed by atoms with E-state index >= 15 is 0 Å². The Morgan fingerprint density at radius 3 is 2.37 bits per heavy atom. The average molecular weight is 365 g/mol. The number of hydrogen-bond acceptors (Lipinski definition) is 4. The van der Waals surface area contributed by atoms with Crippen molar-refractivity contribution in [3.8, 4) is 5.75 Å². The van der Waals surface area contributed by atoms with Crippen LogP contribution in [-0.2, 0) is 4.79 Å². The lowest BCUT2D eigenvalue weighted by atomic mass is 9.98. The molecule has 1 aliphatic heterocycles. The number of methoxy groups -OCH3 is 1. The first kappa shape index (κ1) is 19.1. The van der Waals surface area contributed by atoms with Gasteiger partial charge in [-0.25, -0.2) is 5.01 Å². The molecule has 2 aromatic carbocycles. The van der Waals surface area contributed by atoms with Gasteiger partial charge < -0.3 is 4.74 Å². The van der Waals surface area contributed by atoms with Crippen LogP contribution >= 0.6 is 0 Å². The quantitative estimate of drug-likeness (QED) is 0.751. The molecule has 0 N–H and O–H groups in total. The van der Waals surface area contributed by atoms with E-state index in [-0.39, 0.29) is 11.9 Å². The maximum absolute atomic E-state index is 13.0. The molecule has 1 atom stereocenters. The summed E-state index contributed by atoms with van der Waals surface area (Å²) in [5.41, 5.74) is 3.08. The Balaban J connectivity index is 1.89. The Bertz CT molecular complexity index is 783. The average Bonchev–Trinajstić information content (AvgIpc) is 3.18. The first-order valence-corrected chi connectivity index (χ1v) is 9.47. The van der Waals surface area contributed by atoms with Crippen LogP contribution in [0.25, 0.3) is 0 Å². The Labute approximate surface area is 161 Å². The predicted molar refractivity (Wildman–Crippen MR) is 108 cm³/mol. The fourth-order valence-corrected chi connectivity index (χ4v) is 3.34. The first-order valence-electron chi connectivity index (χ1n) is 9.47. The van der Waals surface area contributed by atoms with E-state index < -0.39 is 0 Å². The van der Waals surface area contributed by atoms with E-state index in [1.165, 1.54) is 0 Å². The molecule has 0 aliphatic carbocycles. The molecule has 5 heteroatoms. The number of carbonyl (C=O) groups is 1. The summed E-state index contributed by atoms with van der Waals surface area (Å²) in [6.45, 7) is 6.21. The lowest BCUT2D eigenvalue weighted by Gasteiger charge is -2.25. The second kappa shape index (κ2) is 8.82. The van der Waals surface area contributed by atoms with Gasteiger partial charge in [0.15, 0.2) is 0 Å². The normalized spacial score (nSPS) is 16.5. The monoisotopic (exact) mass is 365 g/mol. The third-order valence-corrected chi connectivity index (χ3v) is 5.03. The fourth-order valence-electron chi connectivity index (χ4n) is 3.34. The van der Waals surface area contributed by atoms with Gasteiger partial charge in [0.2, 0.25) is 0 Å². The van der Waals surface area contributed by atoms with Crippen molar-refractivity contribution < 1.29 is 9.53 Å². The third kappa shape index (κ3) is 4.37. The molecule has 1 aliphatic rings. The molecule has 2 aromatic rings. The Morgan fingerprint density at radius 2 is 1.78 bits per heavy atom. The highest BCUT2D eigenvalue weighted by Gasteiger charge is 2.33. The van der Waals surface area contributed by atoms with Crippen LogP contribution in [0, 0.1) is 0 Å². The highest BCUT2D eigenvalue weighted by atomic mass is 16.5. The van der Waals surface area contributed by atoms with E-state index in [1.807, 2.05) is 54.6 Å². The molecule has 27 heavy (non-hydrogen) atoms. The van der Waals surface area contributed by atoms with Crippen molar-refractivity contribution >= 4 is 11.6 Å². The van der Waals surface area contributed by atoms with Gasteiger partial charge >= 0.3 is 0 Å². The summed E-state index contributed by atoms with van der Waals surface area (Å²) in [6.07, 6.45) is 0.709. The summed E-state index contributed by atoms with van der Waals surface area (Å²) in [5.74, 6) is 0.840. The molecule has 0 bridgehead atoms. The molecule has 0 aromatic heterocycles. The Kier molecular flexibility index (Phi) is 6.24. The van der Waals surface area contributed by atoms with Crippen molar-refractivity contribution in [1.29, 1.82) is 0 Å². The minimum Gasteiger partial charge on any atom is -0.497 e. The van der Waals surface area contributed by atoms with Crippen molar-refractivity contribution in [3.05, 3.63) is 65.7 Å². The first-order chi connectivity index (χ1) is 13.2. The van der Waals surface area contributed by atoms with Gasteiger partial charge in [-0.2, -0.15) is 5.10 Å². The van der Waals surface area contributed by atoms with Gasteiger partial charge in [-0.05, 0) is 36.3 Å². The van der Waals surface area contributed by atoms with Crippen LogP contribution in [0.15, 0.2) is 59.7 Å². The molecule has 1 heterocycles. The lowest BCUT2D eigenvalue weighted by Crippen LogP contribution is -2.38. The van der Waals surface area contributed by atoms with E-state index in [9.17, 15) is 4.79 Å². The Hall–Kier alpha value is -2.66. The molecule has 1 unspecified atom stereocenters. The summed E-state index contributed by atoms with van der Waals surface area (Å²) < 4.78 is 5.26. The van der Waals surface area contributed by atoms with Crippen LogP contribution in [0.5, 0.6) is 5.75 Å². The molecule has 5 nitrogen and oxygen atoms in total. The number of benzene rings is 2. The fraction of sp³-hybridized carbons (Fsp3) is 0.364. The molecule has 0 saturated carbocycles. The van der Waals surface area contributed by atoms with Crippen molar-refractivity contribution in [2.45, 2.75) is 26.3 Å². The highest BCUT2D eigenvalue weighted by Crippen LogP contribution is 2.33. The standard InChI is InChI=1S/C22H27N3O2/c1-4-24(5-2)16-22(26)25-21(18-11-13-19(27-3)14-12-18)15-20(23-25)17-9-7-6-8-10-17/h6-14,21H,4-5,15-16H2,1-3H3. The number of rotatable bonds is 7. The lowest BCUT2D eigenvalue weighted by molar-refractivity contribution is -0.134. The number of nitrogens with zero attached hydrogens (tertiary/aromatic N) is 3. The summed E-state index contributed by atoms with van der Waals surface area (Å²) in [6, 6.07) is 17.9. The minimum absolute atomic E-state index is 0.0328. The van der Waals surface area contributed by atoms with Crippen molar-refractivity contribution in [3.63, 3.8) is 0 Å². The van der Waals surface area contributed by atoms with Gasteiger partial charge in [0.05, 0.1) is 25.4 Å². The Morgan fingerprint density at radius 1 is 1.11 bits per heavy atom. The second-order valence-corrected chi connectivity index (χ2v) is 6.61. The van der Waals surface area contributed by atoms with E-state index in [0.29, 0.717) is 13.0 Å². The van der Waals surface area contributed by atoms with Crippen LogP contribution < -0.4 is 4.74 Å². The van der Waals surface area contributed by atoms with Gasteiger partial charge in [-0.3, -0.25) is 9.69 Å². The molecule has 0 fully saturated rings. The zero-order valence-corrected chi connectivity index (χ0v) is 16.3. The van der Waals surface area contributed by atoms with Crippen LogP contribution in [0.4, 0.5) is 0 Å². The molecule has 3 rings (SSSR count). The second-order valence-electron chi connectivity index (χ2n) is 6.61. The van der Waals surface area contributed by atoms with Gasteiger partial charge in [-0.15, -0.1) is 0 Å². The maximum Gasteiger partial charge on any atom is 0.257 e. The minimum atomic E-state index is -0.0887. The molecule has 142 valence electrons. The maximum atomic E-state index is 13.0. The van der Waals surface area contributed by atoms with Crippen molar-refractivity contribution in [1.82, 2.24) is 9.91 Å². The molecule has 1 amide bonds. The summed E-state index contributed by atoms with van der Waals surface area (Å²) in [4.78, 5) is 15.1. The zero-order valence-electron chi connectivity index (χ0n) is 16.3. The molecule has 0 saturated heterocycles. The number of likely N-dealkylation sites (N-methyl/N-ethyl adjacent to an activating group) is 1. The summed E-state index contributed by atoms with van der Waals surface area (Å²) in [5, 5.41) is 6.39. The van der Waals surface area contributed by atoms with Crippen LogP contribution in [0.1, 0.15) is 37.4 Å². The topological polar surface area (TPSA) is 45.1 Å². The molecule has 0 spiro atoms. The summed E-state index contributed by atoms with van der Waals surface area (Å²) in [7, 11) is 1.65. The molecule has 0 radical (unpaired) electrons. The largest absolute Gasteiger partial charge is 0.497 e. The van der Waals surface area contributed by atoms with E-state index in [4.69, 9.17) is 9.84 Å². The van der Waals surface area contributed by atoms with E-state index in [2.05, 4.69) is 18.7 Å². The summed E-state index contributed by atoms with van der Waals surface area (Å²) >= 11 is 0. The number of ether oxygens (including phenoxy) is 1. The van der Waals surface area contributed by atoms with Crippen LogP contribution in [0.2, 0.25) is 0 Å². The van der Waals surface area contributed by atoms with Crippen LogP contribution in [0.3, 0.4) is 0 Å². The molecular weight excluding hydrogens is 338 g/mol. The SMILES string of the molecule is CCN(CC)CC(=O)N1N=C(c2ccccc2)CC1c1ccc(OC)cc1. The third-order valence-electron chi connectivity index (χ3n) is 5.03. The van der Waals surface area contributed by atoms with Crippen molar-refractivity contribution in [2.24, 2.45) is 5.10 Å². The van der Waals surface area contributed by atoms with Gasteiger partial charge in [-0.1, -0.05) is 56.3 Å².